The van der Waals surface area contributed by atoms with Crippen LogP contribution in [0.15, 0.2) is 0 Å². The Bertz CT molecular complexity index is 91.3. The van der Waals surface area contributed by atoms with E-state index < -0.39 is 0 Å². The summed E-state index contributed by atoms with van der Waals surface area (Å²) in [5, 5.41) is 0.247. The maximum atomic E-state index is 10.4. The Morgan fingerprint density at radius 2 is 2.00 bits per heavy atom. The second kappa shape index (κ2) is 7.13. The maximum Gasteiger partial charge on any atom is 0.185 e. The predicted octanol–water partition coefficient (Wildman–Crippen LogP) is 2.85. The maximum absolute atomic E-state index is 10.4. The number of unbranched alkanes of at least 4 members (excludes halogenated alkanes) is 3. The van der Waals surface area contributed by atoms with Crippen molar-refractivity contribution >= 4 is 16.9 Å². The number of hydrogen-bond acceptors (Lipinski definition) is 2. The molecular formula is C8H16OS. The van der Waals surface area contributed by atoms with E-state index in [1.54, 1.807) is 6.92 Å². The SMILES string of the molecule is CCCCCCSC(C)=O. The monoisotopic (exact) mass is 160 g/mol. The van der Waals surface area contributed by atoms with E-state index in [9.17, 15) is 4.79 Å². The molecule has 0 heterocycles. The van der Waals surface area contributed by atoms with E-state index in [4.69, 9.17) is 0 Å². The highest BCUT2D eigenvalue weighted by Gasteiger charge is 1.92. The molecule has 0 radical (unpaired) electrons. The summed E-state index contributed by atoms with van der Waals surface area (Å²) < 4.78 is 0. The van der Waals surface area contributed by atoms with E-state index in [1.807, 2.05) is 0 Å². The smallest absolute Gasteiger partial charge is 0.185 e. The Kier molecular flexibility index (Phi) is 7.15. The highest BCUT2D eigenvalue weighted by atomic mass is 32.2. The Morgan fingerprint density at radius 3 is 2.50 bits per heavy atom. The van der Waals surface area contributed by atoms with Gasteiger partial charge in [0.05, 0.1) is 0 Å². The summed E-state index contributed by atoms with van der Waals surface area (Å²) in [7, 11) is 0. The third-order valence-corrected chi connectivity index (χ3v) is 2.20. The molecule has 0 N–H and O–H groups in total. The number of hydrogen-bond donors (Lipinski definition) is 0. The summed E-state index contributed by atoms with van der Waals surface area (Å²) in [5.41, 5.74) is 0. The molecule has 0 spiro atoms. The average molecular weight is 160 g/mol. The Hall–Kier alpha value is 0.0200. The zero-order chi connectivity index (χ0) is 7.82. The second-order valence-corrected chi connectivity index (χ2v) is 3.67. The Morgan fingerprint density at radius 1 is 1.30 bits per heavy atom. The van der Waals surface area contributed by atoms with Gasteiger partial charge in [-0.25, -0.2) is 0 Å². The Labute approximate surface area is 67.6 Å². The molecule has 0 rings (SSSR count). The van der Waals surface area contributed by atoms with E-state index in [0.29, 0.717) is 0 Å². The van der Waals surface area contributed by atoms with Crippen molar-refractivity contribution in [1.82, 2.24) is 0 Å². The molecule has 2 heteroatoms. The van der Waals surface area contributed by atoms with Gasteiger partial charge >= 0.3 is 0 Å². The number of rotatable bonds is 5. The Balaban J connectivity index is 2.84. The molecule has 60 valence electrons. The molecule has 0 saturated carbocycles. The molecule has 0 aromatic heterocycles. The molecule has 0 atom stereocenters. The quantitative estimate of drug-likeness (QED) is 0.575. The molecule has 0 amide bonds. The third-order valence-electron chi connectivity index (χ3n) is 1.30. The number of thioether (sulfide) groups is 1. The number of carbonyl (C=O) groups is 1. The third kappa shape index (κ3) is 8.02. The van der Waals surface area contributed by atoms with Gasteiger partial charge < -0.3 is 0 Å². The molecule has 0 bridgehead atoms. The van der Waals surface area contributed by atoms with Crippen LogP contribution in [0.25, 0.3) is 0 Å². The van der Waals surface area contributed by atoms with E-state index >= 15 is 0 Å². The lowest BCUT2D eigenvalue weighted by molar-refractivity contribution is -0.109. The van der Waals surface area contributed by atoms with Crippen molar-refractivity contribution in [3.8, 4) is 0 Å². The average Bonchev–Trinajstić information content (AvgIpc) is 1.87. The fraction of sp³-hybridized carbons (Fsp3) is 0.875. The molecule has 0 aliphatic heterocycles. The van der Waals surface area contributed by atoms with Gasteiger partial charge in [-0.2, -0.15) is 0 Å². The minimum Gasteiger partial charge on any atom is -0.288 e. The van der Waals surface area contributed by atoms with Crippen LogP contribution in [0, 0.1) is 0 Å². The van der Waals surface area contributed by atoms with Gasteiger partial charge in [-0.3, -0.25) is 4.79 Å². The van der Waals surface area contributed by atoms with Crippen LogP contribution < -0.4 is 0 Å². The van der Waals surface area contributed by atoms with Crippen LogP contribution in [0.3, 0.4) is 0 Å². The first-order valence-corrected chi connectivity index (χ1v) is 4.89. The lowest BCUT2D eigenvalue weighted by Gasteiger charge is -1.95. The lowest BCUT2D eigenvalue weighted by atomic mass is 10.2. The predicted molar refractivity (Wildman–Crippen MR) is 47.3 cm³/mol. The van der Waals surface area contributed by atoms with Crippen molar-refractivity contribution in [2.24, 2.45) is 0 Å². The lowest BCUT2D eigenvalue weighted by Crippen LogP contribution is -1.85. The van der Waals surface area contributed by atoms with E-state index in [-0.39, 0.29) is 5.12 Å². The van der Waals surface area contributed by atoms with Gasteiger partial charge in [-0.1, -0.05) is 37.9 Å². The number of carbonyl (C=O) groups excluding carboxylic acids is 1. The standard InChI is InChI=1S/C8H16OS/c1-3-4-5-6-7-10-8(2)9/h3-7H2,1-2H3. The van der Waals surface area contributed by atoms with Crippen LogP contribution in [-0.2, 0) is 4.79 Å². The van der Waals surface area contributed by atoms with Crippen molar-refractivity contribution in [3.05, 3.63) is 0 Å². The van der Waals surface area contributed by atoms with E-state index in [2.05, 4.69) is 6.92 Å². The molecule has 0 aliphatic carbocycles. The largest absolute Gasteiger partial charge is 0.288 e. The van der Waals surface area contributed by atoms with Crippen molar-refractivity contribution in [1.29, 1.82) is 0 Å². The highest BCUT2D eigenvalue weighted by molar-refractivity contribution is 8.13. The summed E-state index contributed by atoms with van der Waals surface area (Å²) in [6.45, 7) is 3.82. The first-order valence-electron chi connectivity index (χ1n) is 3.90. The first-order chi connectivity index (χ1) is 4.77. The molecule has 0 aromatic rings. The van der Waals surface area contributed by atoms with Gasteiger partial charge in [-0.05, 0) is 6.42 Å². The van der Waals surface area contributed by atoms with Crippen LogP contribution in [0.2, 0.25) is 0 Å². The van der Waals surface area contributed by atoms with Gasteiger partial charge in [-0.15, -0.1) is 0 Å². The van der Waals surface area contributed by atoms with Crippen molar-refractivity contribution in [2.75, 3.05) is 5.75 Å². The van der Waals surface area contributed by atoms with Crippen LogP contribution in [0.1, 0.15) is 39.5 Å². The molecule has 0 aromatic carbocycles. The fourth-order valence-corrected chi connectivity index (χ4v) is 1.38. The summed E-state index contributed by atoms with van der Waals surface area (Å²) in [4.78, 5) is 10.4. The van der Waals surface area contributed by atoms with Gasteiger partial charge in [0.2, 0.25) is 0 Å². The van der Waals surface area contributed by atoms with E-state index in [0.717, 1.165) is 5.75 Å². The van der Waals surface area contributed by atoms with Gasteiger partial charge in [0.15, 0.2) is 5.12 Å². The van der Waals surface area contributed by atoms with Gasteiger partial charge in [0, 0.05) is 12.7 Å². The van der Waals surface area contributed by atoms with Crippen molar-refractivity contribution in [3.63, 3.8) is 0 Å². The molecular weight excluding hydrogens is 144 g/mol. The molecule has 1 nitrogen and oxygen atoms in total. The normalized spacial score (nSPS) is 9.80. The molecule has 0 unspecified atom stereocenters. The van der Waals surface area contributed by atoms with Crippen LogP contribution in [-0.4, -0.2) is 10.9 Å². The topological polar surface area (TPSA) is 17.1 Å². The second-order valence-electron chi connectivity index (χ2n) is 2.40. The zero-order valence-electron chi connectivity index (χ0n) is 6.85. The minimum atomic E-state index is 0.247. The molecule has 0 aliphatic rings. The van der Waals surface area contributed by atoms with E-state index in [1.165, 1.54) is 37.4 Å². The molecule has 0 saturated heterocycles. The summed E-state index contributed by atoms with van der Waals surface area (Å²) in [6.07, 6.45) is 5.04. The van der Waals surface area contributed by atoms with Crippen LogP contribution in [0.5, 0.6) is 0 Å². The summed E-state index contributed by atoms with van der Waals surface area (Å²) in [6, 6.07) is 0. The minimum absolute atomic E-state index is 0.247. The molecule has 0 fully saturated rings. The fourth-order valence-electron chi connectivity index (χ4n) is 0.745. The van der Waals surface area contributed by atoms with Crippen molar-refractivity contribution in [2.45, 2.75) is 39.5 Å². The zero-order valence-corrected chi connectivity index (χ0v) is 7.67. The summed E-state index contributed by atoms with van der Waals surface area (Å²) >= 11 is 1.44. The van der Waals surface area contributed by atoms with Crippen molar-refractivity contribution < 1.29 is 4.79 Å². The van der Waals surface area contributed by atoms with Gasteiger partial charge in [0.1, 0.15) is 0 Å². The molecule has 10 heavy (non-hydrogen) atoms. The highest BCUT2D eigenvalue weighted by Crippen LogP contribution is 2.07. The summed E-state index contributed by atoms with van der Waals surface area (Å²) in [5.74, 6) is 1.01. The van der Waals surface area contributed by atoms with Crippen LogP contribution >= 0.6 is 11.8 Å². The van der Waals surface area contributed by atoms with Crippen LogP contribution in [0.4, 0.5) is 0 Å². The van der Waals surface area contributed by atoms with Gasteiger partial charge in [0.25, 0.3) is 0 Å². The first kappa shape index (κ1) is 10.0.